The number of anilines is 1. The Morgan fingerprint density at radius 2 is 2.00 bits per heavy atom. The van der Waals surface area contributed by atoms with Crippen LogP contribution in [-0.2, 0) is 0 Å². The van der Waals surface area contributed by atoms with Crippen LogP contribution in [0.3, 0.4) is 0 Å². The molecule has 1 N–H and O–H groups in total. The highest BCUT2D eigenvalue weighted by Gasteiger charge is 2.16. The summed E-state index contributed by atoms with van der Waals surface area (Å²) in [4.78, 5) is 23.4. The number of hydrogen-bond acceptors (Lipinski definition) is 6. The molecule has 0 saturated carbocycles. The van der Waals surface area contributed by atoms with Crippen LogP contribution in [0.25, 0.3) is 10.3 Å². The smallest absolute Gasteiger partial charge is 0.351 e. The van der Waals surface area contributed by atoms with Crippen LogP contribution in [0.1, 0.15) is 10.4 Å². The van der Waals surface area contributed by atoms with Gasteiger partial charge in [0.25, 0.3) is 0 Å². The fourth-order valence-corrected chi connectivity index (χ4v) is 3.74. The number of benzene rings is 1. The van der Waals surface area contributed by atoms with Crippen molar-refractivity contribution in [1.29, 1.82) is 0 Å². The first-order valence-corrected chi connectivity index (χ1v) is 8.01. The third-order valence-corrected chi connectivity index (χ3v) is 5.22. The van der Waals surface area contributed by atoms with Gasteiger partial charge in [-0.25, -0.2) is 14.0 Å². The van der Waals surface area contributed by atoms with Crippen molar-refractivity contribution in [3.63, 3.8) is 0 Å². The molecule has 0 fully saturated rings. The molecule has 1 aromatic carbocycles. The monoisotopic (exact) mass is 351 g/mol. The molecule has 118 valence electrons. The first-order valence-electron chi connectivity index (χ1n) is 6.42. The summed E-state index contributed by atoms with van der Waals surface area (Å²) in [7, 11) is 1.81. The Kier molecular flexibility index (Phi) is 4.10. The zero-order valence-corrected chi connectivity index (χ0v) is 13.4. The summed E-state index contributed by atoms with van der Waals surface area (Å²) in [6.07, 6.45) is 0. The summed E-state index contributed by atoms with van der Waals surface area (Å²) in [6.45, 7) is 0. The van der Waals surface area contributed by atoms with E-state index in [4.69, 9.17) is 9.52 Å². The Morgan fingerprint density at radius 3 is 2.65 bits per heavy atom. The quantitative estimate of drug-likeness (QED) is 0.720. The minimum absolute atomic E-state index is 0.304. The van der Waals surface area contributed by atoms with E-state index in [0.717, 1.165) is 9.90 Å². The molecule has 3 aromatic rings. The molecule has 5 nitrogen and oxygen atoms in total. The van der Waals surface area contributed by atoms with Crippen molar-refractivity contribution in [2.75, 3.05) is 11.4 Å². The Bertz CT molecular complexity index is 933. The zero-order valence-electron chi connectivity index (χ0n) is 11.8. The molecule has 0 amide bonds. The van der Waals surface area contributed by atoms with Gasteiger partial charge in [-0.2, -0.15) is 0 Å². The fraction of sp³-hybridized carbons (Fsp3) is 0.0667. The van der Waals surface area contributed by atoms with Gasteiger partial charge in [0.05, 0.1) is 4.70 Å². The van der Waals surface area contributed by atoms with Gasteiger partial charge in [0.15, 0.2) is 5.58 Å². The molecular formula is C15H10FNO4S2. The zero-order chi connectivity index (χ0) is 16.6. The summed E-state index contributed by atoms with van der Waals surface area (Å²) < 4.78 is 20.4. The SMILES string of the molecule is CN(Sc1ccc(F)cc1)c1cc2oc(=O)c(C(=O)O)cc2s1. The van der Waals surface area contributed by atoms with Gasteiger partial charge in [-0.05, 0) is 42.3 Å². The highest BCUT2D eigenvalue weighted by molar-refractivity contribution is 8.00. The van der Waals surface area contributed by atoms with Crippen molar-refractivity contribution in [2.24, 2.45) is 0 Å². The standard InChI is InChI=1S/C15H10FNO4S2/c1-17(23-9-4-2-8(16)3-5-9)13-7-11-12(22-13)6-10(14(18)19)15(20)21-11/h2-7H,1H3,(H,18,19). The Hall–Kier alpha value is -2.32. The molecule has 0 unspecified atom stereocenters. The van der Waals surface area contributed by atoms with Crippen molar-refractivity contribution >= 4 is 44.5 Å². The van der Waals surface area contributed by atoms with Crippen LogP contribution in [0.4, 0.5) is 9.39 Å². The molecular weight excluding hydrogens is 341 g/mol. The lowest BCUT2D eigenvalue weighted by molar-refractivity contribution is 0.0692. The highest BCUT2D eigenvalue weighted by Crippen LogP contribution is 2.36. The van der Waals surface area contributed by atoms with Crippen molar-refractivity contribution in [3.05, 3.63) is 58.2 Å². The van der Waals surface area contributed by atoms with Crippen LogP contribution in [0.15, 0.2) is 50.5 Å². The van der Waals surface area contributed by atoms with Gasteiger partial charge in [-0.3, -0.25) is 0 Å². The topological polar surface area (TPSA) is 70.8 Å². The lowest BCUT2D eigenvalue weighted by atomic mass is 10.3. The van der Waals surface area contributed by atoms with Crippen LogP contribution in [-0.4, -0.2) is 18.1 Å². The molecule has 8 heteroatoms. The fourth-order valence-electron chi connectivity index (χ4n) is 1.90. The number of thiophene rings is 1. The molecule has 0 atom stereocenters. The normalized spacial score (nSPS) is 10.9. The predicted octanol–water partition coefficient (Wildman–Crippen LogP) is 3.84. The number of carboxylic acid groups (broad SMARTS) is 1. The summed E-state index contributed by atoms with van der Waals surface area (Å²) in [5.41, 5.74) is -0.922. The third kappa shape index (κ3) is 3.22. The molecule has 0 saturated heterocycles. The van der Waals surface area contributed by atoms with Gasteiger partial charge in [-0.1, -0.05) is 0 Å². The molecule has 3 rings (SSSR count). The van der Waals surface area contributed by atoms with E-state index >= 15 is 0 Å². The van der Waals surface area contributed by atoms with E-state index in [1.54, 1.807) is 18.2 Å². The average Bonchev–Trinajstić information content (AvgIpc) is 2.91. The molecule has 0 aliphatic carbocycles. The van der Waals surface area contributed by atoms with E-state index in [1.165, 1.54) is 41.5 Å². The van der Waals surface area contributed by atoms with E-state index in [1.807, 2.05) is 11.4 Å². The van der Waals surface area contributed by atoms with Crippen LogP contribution in [0, 0.1) is 5.82 Å². The second kappa shape index (κ2) is 6.05. The molecule has 0 aliphatic heterocycles. The third-order valence-electron chi connectivity index (χ3n) is 3.01. The maximum atomic E-state index is 12.9. The van der Waals surface area contributed by atoms with E-state index < -0.39 is 11.6 Å². The lowest BCUT2D eigenvalue weighted by Gasteiger charge is -2.14. The molecule has 23 heavy (non-hydrogen) atoms. The van der Waals surface area contributed by atoms with Gasteiger partial charge in [0.1, 0.15) is 16.4 Å². The summed E-state index contributed by atoms with van der Waals surface area (Å²) in [5.74, 6) is -1.62. The Labute approximate surface area is 138 Å². The van der Waals surface area contributed by atoms with Gasteiger partial charge >= 0.3 is 11.6 Å². The van der Waals surface area contributed by atoms with Crippen molar-refractivity contribution in [1.82, 2.24) is 0 Å². The number of rotatable bonds is 4. The number of aromatic carboxylic acids is 1. The largest absolute Gasteiger partial charge is 0.477 e. The van der Waals surface area contributed by atoms with Crippen LogP contribution >= 0.6 is 23.3 Å². The van der Waals surface area contributed by atoms with Gasteiger partial charge in [-0.15, -0.1) is 11.3 Å². The second-order valence-electron chi connectivity index (χ2n) is 4.61. The summed E-state index contributed by atoms with van der Waals surface area (Å²) in [6, 6.07) is 9.05. The number of carboxylic acids is 1. The number of hydrogen-bond donors (Lipinski definition) is 1. The molecule has 2 heterocycles. The highest BCUT2D eigenvalue weighted by atomic mass is 32.2. The van der Waals surface area contributed by atoms with Crippen LogP contribution in [0.5, 0.6) is 0 Å². The van der Waals surface area contributed by atoms with Crippen molar-refractivity contribution < 1.29 is 18.7 Å². The maximum Gasteiger partial charge on any atom is 0.351 e. The number of halogens is 1. The predicted molar refractivity (Wildman–Crippen MR) is 88.0 cm³/mol. The molecule has 2 aromatic heterocycles. The number of fused-ring (bicyclic) bond motifs is 1. The van der Waals surface area contributed by atoms with Gasteiger partial charge in [0, 0.05) is 18.0 Å². The first kappa shape index (κ1) is 15.6. The lowest BCUT2D eigenvalue weighted by Crippen LogP contribution is -2.12. The minimum atomic E-state index is -1.32. The summed E-state index contributed by atoms with van der Waals surface area (Å²) >= 11 is 2.68. The van der Waals surface area contributed by atoms with E-state index in [0.29, 0.717) is 10.3 Å². The minimum Gasteiger partial charge on any atom is -0.477 e. The number of carbonyl (C=O) groups is 1. The van der Waals surface area contributed by atoms with Crippen molar-refractivity contribution in [2.45, 2.75) is 4.90 Å². The van der Waals surface area contributed by atoms with Gasteiger partial charge in [0.2, 0.25) is 0 Å². The second-order valence-corrected chi connectivity index (χ2v) is 6.87. The molecule has 0 radical (unpaired) electrons. The molecule has 0 aliphatic rings. The molecule has 0 bridgehead atoms. The van der Waals surface area contributed by atoms with Gasteiger partial charge < -0.3 is 13.8 Å². The average molecular weight is 351 g/mol. The van der Waals surface area contributed by atoms with Crippen LogP contribution < -0.4 is 9.93 Å². The van der Waals surface area contributed by atoms with Crippen molar-refractivity contribution in [3.8, 4) is 0 Å². The van der Waals surface area contributed by atoms with E-state index in [-0.39, 0.29) is 11.4 Å². The van der Waals surface area contributed by atoms with Crippen LogP contribution in [0.2, 0.25) is 0 Å². The number of nitrogens with zero attached hydrogens (tertiary/aromatic N) is 1. The Balaban J connectivity index is 1.91. The van der Waals surface area contributed by atoms with E-state index in [9.17, 15) is 14.0 Å². The Morgan fingerprint density at radius 1 is 1.30 bits per heavy atom. The first-order chi connectivity index (χ1) is 10.9. The summed E-state index contributed by atoms with van der Waals surface area (Å²) in [5, 5.41) is 9.74. The maximum absolute atomic E-state index is 12.9. The molecule has 0 spiro atoms. The van der Waals surface area contributed by atoms with E-state index in [2.05, 4.69) is 0 Å².